The van der Waals surface area contributed by atoms with Crippen molar-refractivity contribution >= 4 is 61.3 Å². The van der Waals surface area contributed by atoms with Crippen molar-refractivity contribution in [2.24, 2.45) is 5.10 Å². The average molecular weight is 538 g/mol. The number of hydrazone groups is 1. The molecule has 0 bridgehead atoms. The average Bonchev–Trinajstić information content (AvgIpc) is 2.62. The van der Waals surface area contributed by atoms with E-state index in [9.17, 15) is 20.0 Å². The third-order valence-electron chi connectivity index (χ3n) is 3.22. The van der Waals surface area contributed by atoms with Crippen molar-refractivity contribution in [1.29, 1.82) is 0 Å². The summed E-state index contributed by atoms with van der Waals surface area (Å²) < 4.78 is 12.0. The zero-order chi connectivity index (χ0) is 20.8. The normalized spacial score (nSPS) is 10.7. The lowest BCUT2D eigenvalue weighted by atomic mass is 10.2. The molecule has 9 nitrogen and oxygen atoms in total. The first kappa shape index (κ1) is 21.9. The number of nitrogens with one attached hydrogen (secondary N) is 1. The number of hydrogen-bond donors (Lipinski definition) is 2. The molecule has 0 spiro atoms. The SMILES string of the molecule is COc1cc(Br)cc(Br)c1OCC(=O)N/N=C\c1cc(Cl)cc([N+](=O)[O-])c1O. The highest BCUT2D eigenvalue weighted by Gasteiger charge is 2.18. The van der Waals surface area contributed by atoms with E-state index in [-0.39, 0.29) is 17.2 Å². The summed E-state index contributed by atoms with van der Waals surface area (Å²) in [5, 5.41) is 24.4. The topological polar surface area (TPSA) is 123 Å². The Hall–Kier alpha value is -2.37. The van der Waals surface area contributed by atoms with Gasteiger partial charge in [0.1, 0.15) is 0 Å². The van der Waals surface area contributed by atoms with Crippen LogP contribution in [-0.2, 0) is 4.79 Å². The monoisotopic (exact) mass is 535 g/mol. The van der Waals surface area contributed by atoms with Crippen LogP contribution in [0.5, 0.6) is 17.2 Å². The number of phenols is 1. The molecule has 2 aromatic rings. The second-order valence-corrected chi connectivity index (χ2v) is 7.33. The molecule has 12 heteroatoms. The van der Waals surface area contributed by atoms with Crippen LogP contribution in [0.25, 0.3) is 0 Å². The Kier molecular flexibility index (Phi) is 7.61. The van der Waals surface area contributed by atoms with E-state index in [0.717, 1.165) is 16.8 Å². The molecule has 0 aliphatic rings. The predicted octanol–water partition coefficient (Wildman–Crippen LogP) is 4.02. The summed E-state index contributed by atoms with van der Waals surface area (Å²) in [4.78, 5) is 22.0. The number of ether oxygens (including phenoxy) is 2. The maximum atomic E-state index is 11.9. The summed E-state index contributed by atoms with van der Waals surface area (Å²) in [7, 11) is 1.46. The minimum absolute atomic E-state index is 0.0299. The summed E-state index contributed by atoms with van der Waals surface area (Å²) in [5.41, 5.74) is 1.58. The minimum Gasteiger partial charge on any atom is -0.502 e. The quantitative estimate of drug-likeness (QED) is 0.313. The Bertz CT molecular complexity index is 954. The van der Waals surface area contributed by atoms with E-state index >= 15 is 0 Å². The van der Waals surface area contributed by atoms with Crippen LogP contribution < -0.4 is 14.9 Å². The lowest BCUT2D eigenvalue weighted by Crippen LogP contribution is -2.24. The minimum atomic E-state index is -0.783. The number of phenolic OH excluding ortho intramolecular Hbond substituents is 1. The van der Waals surface area contributed by atoms with Gasteiger partial charge in [-0.1, -0.05) is 27.5 Å². The molecule has 0 saturated carbocycles. The van der Waals surface area contributed by atoms with E-state index < -0.39 is 22.3 Å². The number of carbonyl (C=O) groups excluding carboxylic acids is 1. The fourth-order valence-electron chi connectivity index (χ4n) is 2.02. The van der Waals surface area contributed by atoms with Gasteiger partial charge in [-0.2, -0.15) is 5.10 Å². The molecule has 0 saturated heterocycles. The lowest BCUT2D eigenvalue weighted by Gasteiger charge is -2.12. The molecule has 28 heavy (non-hydrogen) atoms. The second-order valence-electron chi connectivity index (χ2n) is 5.12. The number of methoxy groups -OCH3 is 1. The van der Waals surface area contributed by atoms with Gasteiger partial charge in [0.25, 0.3) is 5.91 Å². The maximum absolute atomic E-state index is 11.9. The van der Waals surface area contributed by atoms with Crippen LogP contribution in [-0.4, -0.2) is 35.9 Å². The Balaban J connectivity index is 2.03. The zero-order valence-electron chi connectivity index (χ0n) is 14.1. The molecule has 2 N–H and O–H groups in total. The number of rotatable bonds is 7. The molecular weight excluding hydrogens is 525 g/mol. The van der Waals surface area contributed by atoms with Gasteiger partial charge in [0.2, 0.25) is 5.75 Å². The molecule has 2 rings (SSSR count). The van der Waals surface area contributed by atoms with E-state index in [0.29, 0.717) is 16.0 Å². The number of nitro benzene ring substituents is 1. The van der Waals surface area contributed by atoms with E-state index in [1.807, 2.05) is 0 Å². The predicted molar refractivity (Wildman–Crippen MR) is 109 cm³/mol. The van der Waals surface area contributed by atoms with Crippen molar-refractivity contribution in [2.45, 2.75) is 0 Å². The molecule has 2 aromatic carbocycles. The molecule has 0 fully saturated rings. The van der Waals surface area contributed by atoms with Gasteiger partial charge in [-0.3, -0.25) is 14.9 Å². The van der Waals surface area contributed by atoms with E-state index in [2.05, 4.69) is 42.4 Å². The summed E-state index contributed by atoms with van der Waals surface area (Å²) in [5.74, 6) is -0.488. The molecule has 148 valence electrons. The van der Waals surface area contributed by atoms with Crippen molar-refractivity contribution in [1.82, 2.24) is 5.43 Å². The molecule has 0 aromatic heterocycles. The number of nitro groups is 1. The van der Waals surface area contributed by atoms with E-state index in [1.54, 1.807) is 12.1 Å². The van der Waals surface area contributed by atoms with Crippen LogP contribution in [0.15, 0.2) is 38.3 Å². The number of nitrogens with zero attached hydrogens (tertiary/aromatic N) is 2. The van der Waals surface area contributed by atoms with Gasteiger partial charge in [-0.15, -0.1) is 0 Å². The second kappa shape index (κ2) is 9.71. The zero-order valence-corrected chi connectivity index (χ0v) is 18.0. The smallest absolute Gasteiger partial charge is 0.312 e. The molecular formula is C16H12Br2ClN3O6. The van der Waals surface area contributed by atoms with Gasteiger partial charge < -0.3 is 14.6 Å². The number of aromatic hydroxyl groups is 1. The van der Waals surface area contributed by atoms with Gasteiger partial charge in [0.05, 0.1) is 22.7 Å². The van der Waals surface area contributed by atoms with Crippen LogP contribution in [0.1, 0.15) is 5.56 Å². The molecule has 1 amide bonds. The highest BCUT2D eigenvalue weighted by atomic mass is 79.9. The third-order valence-corrected chi connectivity index (χ3v) is 4.48. The van der Waals surface area contributed by atoms with Gasteiger partial charge in [-0.05, 0) is 34.1 Å². The van der Waals surface area contributed by atoms with Gasteiger partial charge in [-0.25, -0.2) is 5.43 Å². The summed E-state index contributed by atoms with van der Waals surface area (Å²) in [6.07, 6.45) is 1.03. The molecule has 0 aliphatic carbocycles. The Morgan fingerprint density at radius 2 is 2.11 bits per heavy atom. The van der Waals surface area contributed by atoms with Gasteiger partial charge >= 0.3 is 5.69 Å². The van der Waals surface area contributed by atoms with Crippen molar-refractivity contribution in [2.75, 3.05) is 13.7 Å². The standard InChI is InChI=1S/C16H12Br2ClN3O6/c1-27-13-4-9(17)3-11(18)16(13)28-7-14(23)21-20-6-8-2-10(19)5-12(15(8)24)22(25)26/h2-6,24H,7H2,1H3,(H,21,23)/b20-6-. The first-order chi connectivity index (χ1) is 13.2. The number of hydrogen-bond acceptors (Lipinski definition) is 7. The summed E-state index contributed by atoms with van der Waals surface area (Å²) >= 11 is 12.4. The van der Waals surface area contributed by atoms with Crippen molar-refractivity contribution in [3.8, 4) is 17.2 Å². The molecule has 0 atom stereocenters. The number of benzene rings is 2. The Labute approximate surface area is 180 Å². The van der Waals surface area contributed by atoms with Crippen LogP contribution >= 0.6 is 43.5 Å². The van der Waals surface area contributed by atoms with E-state index in [4.69, 9.17) is 21.1 Å². The third kappa shape index (κ3) is 5.57. The molecule has 0 radical (unpaired) electrons. The summed E-state index contributed by atoms with van der Waals surface area (Å²) in [6.45, 7) is -0.379. The maximum Gasteiger partial charge on any atom is 0.312 e. The number of halogens is 3. The molecule has 0 unspecified atom stereocenters. The van der Waals surface area contributed by atoms with Crippen LogP contribution in [0.3, 0.4) is 0 Å². The fourth-order valence-corrected chi connectivity index (χ4v) is 3.54. The van der Waals surface area contributed by atoms with Gasteiger partial charge in [0, 0.05) is 21.1 Å². The highest BCUT2D eigenvalue weighted by Crippen LogP contribution is 2.38. The van der Waals surface area contributed by atoms with Crippen LogP contribution in [0, 0.1) is 10.1 Å². The molecule has 0 aliphatic heterocycles. The lowest BCUT2D eigenvalue weighted by molar-refractivity contribution is -0.385. The Morgan fingerprint density at radius 3 is 2.75 bits per heavy atom. The number of amides is 1. The number of carbonyl (C=O) groups is 1. The summed E-state index contributed by atoms with van der Waals surface area (Å²) in [6, 6.07) is 5.66. The van der Waals surface area contributed by atoms with Crippen LogP contribution in [0.2, 0.25) is 5.02 Å². The first-order valence-electron chi connectivity index (χ1n) is 7.37. The van der Waals surface area contributed by atoms with Crippen molar-refractivity contribution < 1.29 is 24.3 Å². The fraction of sp³-hybridized carbons (Fsp3) is 0.125. The van der Waals surface area contributed by atoms with Crippen molar-refractivity contribution in [3.63, 3.8) is 0 Å². The largest absolute Gasteiger partial charge is 0.502 e. The first-order valence-corrected chi connectivity index (χ1v) is 9.34. The van der Waals surface area contributed by atoms with Gasteiger partial charge in [0.15, 0.2) is 18.1 Å². The van der Waals surface area contributed by atoms with E-state index in [1.165, 1.54) is 13.2 Å². The van der Waals surface area contributed by atoms with Crippen molar-refractivity contribution in [3.05, 3.63) is 53.9 Å². The van der Waals surface area contributed by atoms with Crippen LogP contribution in [0.4, 0.5) is 5.69 Å². The Morgan fingerprint density at radius 1 is 1.39 bits per heavy atom. The highest BCUT2D eigenvalue weighted by molar-refractivity contribution is 9.11. The molecule has 0 heterocycles.